The highest BCUT2D eigenvalue weighted by atomic mass is 31.1. The van der Waals surface area contributed by atoms with Gasteiger partial charge in [0.05, 0.1) is 0 Å². The van der Waals surface area contributed by atoms with Crippen LogP contribution in [0.2, 0.25) is 0 Å². The van der Waals surface area contributed by atoms with Crippen LogP contribution in [0.25, 0.3) is 22.3 Å². The molecule has 7 rings (SSSR count). The normalized spacial score (nSPS) is 26.1. The summed E-state index contributed by atoms with van der Waals surface area (Å²) in [6.45, 7) is 9.93. The maximum absolute atomic E-state index is 6.99. The fourth-order valence-corrected chi connectivity index (χ4v) is 14.8. The summed E-state index contributed by atoms with van der Waals surface area (Å²) in [6, 6.07) is 34.9. The topological polar surface area (TPSA) is 18.5 Å². The molecule has 3 aliphatic heterocycles. The zero-order chi connectivity index (χ0) is 25.4. The van der Waals surface area contributed by atoms with E-state index in [-0.39, 0.29) is 22.0 Å². The minimum atomic E-state index is -0.637. The van der Waals surface area contributed by atoms with E-state index >= 15 is 0 Å². The second-order valence-electron chi connectivity index (χ2n) is 11.6. The van der Waals surface area contributed by atoms with Gasteiger partial charge >= 0.3 is 0 Å². The zero-order valence-electron chi connectivity index (χ0n) is 21.8. The van der Waals surface area contributed by atoms with Crippen molar-refractivity contribution in [2.75, 3.05) is 0 Å². The first kappa shape index (κ1) is 23.5. The maximum atomic E-state index is 6.99. The van der Waals surface area contributed by atoms with E-state index in [1.54, 1.807) is 0 Å². The Labute approximate surface area is 222 Å². The van der Waals surface area contributed by atoms with Crippen molar-refractivity contribution in [3.05, 3.63) is 97.1 Å². The monoisotopic (exact) mass is 522 g/mol. The van der Waals surface area contributed by atoms with Crippen LogP contribution in [-0.2, 0) is 0 Å². The molecule has 2 nitrogen and oxygen atoms in total. The summed E-state index contributed by atoms with van der Waals surface area (Å²) in [6.07, 6.45) is 1.14. The Morgan fingerprint density at radius 1 is 0.541 bits per heavy atom. The predicted molar refractivity (Wildman–Crippen MR) is 158 cm³/mol. The molecule has 0 saturated carbocycles. The van der Waals surface area contributed by atoms with Gasteiger partial charge in [0.1, 0.15) is 11.5 Å². The third kappa shape index (κ3) is 3.60. The molecule has 3 aliphatic rings. The average molecular weight is 523 g/mol. The van der Waals surface area contributed by atoms with E-state index in [2.05, 4.69) is 125 Å². The SMILES string of the molecule is CC1(C)CC(C)(C)[P@@]2c3c(cccc3-c3ccccc3)O[C@@H]2[C@H]2Oc3cccc(-c4ccccc4)c3[P@]21. The van der Waals surface area contributed by atoms with E-state index in [0.717, 1.165) is 17.9 Å². The van der Waals surface area contributed by atoms with Crippen molar-refractivity contribution in [1.29, 1.82) is 0 Å². The van der Waals surface area contributed by atoms with Crippen molar-refractivity contribution in [2.24, 2.45) is 0 Å². The fourth-order valence-electron chi connectivity index (χ4n) is 6.95. The summed E-state index contributed by atoms with van der Waals surface area (Å²) in [5, 5.41) is 3.07. The van der Waals surface area contributed by atoms with Gasteiger partial charge < -0.3 is 9.47 Å². The van der Waals surface area contributed by atoms with Crippen molar-refractivity contribution in [3.8, 4) is 33.8 Å². The van der Waals surface area contributed by atoms with Crippen molar-refractivity contribution in [1.82, 2.24) is 0 Å². The van der Waals surface area contributed by atoms with Crippen LogP contribution in [0.4, 0.5) is 0 Å². The summed E-state index contributed by atoms with van der Waals surface area (Å²) in [7, 11) is -1.27. The minimum absolute atomic E-state index is 0.0498. The smallest absolute Gasteiger partial charge is 0.162 e. The largest absolute Gasteiger partial charge is 0.481 e. The van der Waals surface area contributed by atoms with Crippen molar-refractivity contribution >= 4 is 26.5 Å². The van der Waals surface area contributed by atoms with Crippen LogP contribution in [0.15, 0.2) is 97.1 Å². The van der Waals surface area contributed by atoms with Crippen LogP contribution >= 0.6 is 15.8 Å². The molecule has 4 aromatic rings. The van der Waals surface area contributed by atoms with E-state index < -0.39 is 15.8 Å². The van der Waals surface area contributed by atoms with Crippen LogP contribution in [0, 0.1) is 0 Å². The first-order valence-corrected chi connectivity index (χ1v) is 16.0. The lowest BCUT2D eigenvalue weighted by Gasteiger charge is -2.39. The quantitative estimate of drug-likeness (QED) is 0.247. The predicted octanol–water partition coefficient (Wildman–Crippen LogP) is 8.33. The van der Waals surface area contributed by atoms with Gasteiger partial charge in [-0.25, -0.2) is 0 Å². The summed E-state index contributed by atoms with van der Waals surface area (Å²) in [4.78, 5) is 0. The Bertz CT molecular complexity index is 1370. The van der Waals surface area contributed by atoms with Gasteiger partial charge in [0.15, 0.2) is 11.7 Å². The number of rotatable bonds is 2. The molecule has 0 unspecified atom stereocenters. The summed E-state index contributed by atoms with van der Waals surface area (Å²) in [5.41, 5.74) is 5.19. The van der Waals surface area contributed by atoms with Crippen molar-refractivity contribution in [3.63, 3.8) is 0 Å². The number of benzene rings is 4. The molecule has 37 heavy (non-hydrogen) atoms. The molecular formula is C33H32O2P2. The molecule has 0 aliphatic carbocycles. The second kappa shape index (κ2) is 8.42. The summed E-state index contributed by atoms with van der Waals surface area (Å²) >= 11 is 0. The van der Waals surface area contributed by atoms with Gasteiger partial charge in [-0.1, -0.05) is 113 Å². The number of ether oxygens (including phenoxy) is 2. The lowest BCUT2D eigenvalue weighted by Crippen LogP contribution is -2.33. The third-order valence-corrected chi connectivity index (χ3v) is 14.9. The zero-order valence-corrected chi connectivity index (χ0v) is 23.6. The highest BCUT2D eigenvalue weighted by Gasteiger charge is 2.61. The van der Waals surface area contributed by atoms with E-state index in [1.165, 1.54) is 32.9 Å². The molecule has 1 fully saturated rings. The molecule has 4 atom stereocenters. The first-order chi connectivity index (χ1) is 17.9. The van der Waals surface area contributed by atoms with Gasteiger partial charge in [-0.15, -0.1) is 0 Å². The van der Waals surface area contributed by atoms with E-state index in [9.17, 15) is 0 Å². The number of fused-ring (bicyclic) bond motifs is 7. The number of hydrogen-bond donors (Lipinski definition) is 0. The lowest BCUT2D eigenvalue weighted by molar-refractivity contribution is 0.173. The molecule has 4 aromatic carbocycles. The average Bonchev–Trinajstić information content (AvgIpc) is 3.47. The lowest BCUT2D eigenvalue weighted by atomic mass is 9.99. The van der Waals surface area contributed by atoms with Gasteiger partial charge in [0, 0.05) is 10.6 Å². The van der Waals surface area contributed by atoms with Gasteiger partial charge in [0.25, 0.3) is 0 Å². The number of hydrogen-bond acceptors (Lipinski definition) is 2. The standard InChI is InChI=1S/C33H32O2P2/c1-32(2)21-33(3,4)37-29-25(23-15-9-6-10-16-23)18-12-20-27(29)35-31(37)30-34-26-19-11-17-24(28(26)36(30)32)22-13-7-5-8-14-22/h5-20,30-31H,21H2,1-4H3/t30-,31-,36-,37+/m0/s1. The second-order valence-corrected chi connectivity index (χ2v) is 17.4. The maximum Gasteiger partial charge on any atom is 0.162 e. The third-order valence-electron chi connectivity index (χ3n) is 8.07. The van der Waals surface area contributed by atoms with Crippen LogP contribution in [0.5, 0.6) is 11.5 Å². The van der Waals surface area contributed by atoms with Crippen LogP contribution in [0.3, 0.4) is 0 Å². The fraction of sp³-hybridized carbons (Fsp3) is 0.273. The molecule has 0 aromatic heterocycles. The minimum Gasteiger partial charge on any atom is -0.481 e. The molecule has 3 heterocycles. The molecular weight excluding hydrogens is 490 g/mol. The van der Waals surface area contributed by atoms with Gasteiger partial charge in [0.2, 0.25) is 0 Å². The molecule has 0 N–H and O–H groups in total. The van der Waals surface area contributed by atoms with E-state index in [1.807, 2.05) is 0 Å². The molecule has 0 spiro atoms. The molecule has 4 heteroatoms. The first-order valence-electron chi connectivity index (χ1n) is 13.1. The van der Waals surface area contributed by atoms with Gasteiger partial charge in [-0.2, -0.15) is 0 Å². The van der Waals surface area contributed by atoms with Crippen LogP contribution in [-0.4, -0.2) is 22.0 Å². The Kier molecular flexibility index (Phi) is 5.34. The molecule has 186 valence electrons. The van der Waals surface area contributed by atoms with E-state index in [4.69, 9.17) is 9.47 Å². The molecule has 0 amide bonds. The Morgan fingerprint density at radius 2 is 0.946 bits per heavy atom. The highest BCUT2D eigenvalue weighted by Crippen LogP contribution is 2.75. The molecule has 0 radical (unpaired) electrons. The van der Waals surface area contributed by atoms with Gasteiger partial charge in [-0.3, -0.25) is 0 Å². The molecule has 0 bridgehead atoms. The molecule has 1 saturated heterocycles. The highest BCUT2D eigenvalue weighted by molar-refractivity contribution is 7.73. The Hall–Kier alpha value is -2.66. The summed E-state index contributed by atoms with van der Waals surface area (Å²) in [5.74, 6) is 2.22. The van der Waals surface area contributed by atoms with Gasteiger partial charge in [-0.05, 0) is 67.0 Å². The van der Waals surface area contributed by atoms with Crippen molar-refractivity contribution in [2.45, 2.75) is 56.1 Å². The summed E-state index contributed by atoms with van der Waals surface area (Å²) < 4.78 is 14.0. The van der Waals surface area contributed by atoms with Crippen molar-refractivity contribution < 1.29 is 9.47 Å². The Balaban J connectivity index is 1.41. The van der Waals surface area contributed by atoms with Crippen LogP contribution < -0.4 is 20.1 Å². The van der Waals surface area contributed by atoms with Crippen LogP contribution in [0.1, 0.15) is 34.1 Å². The Morgan fingerprint density at radius 3 is 1.35 bits per heavy atom. The van der Waals surface area contributed by atoms with E-state index in [0.29, 0.717) is 0 Å².